The summed E-state index contributed by atoms with van der Waals surface area (Å²) in [6, 6.07) is 2.83. The van der Waals surface area contributed by atoms with Crippen LogP contribution in [0.25, 0.3) is 0 Å². The van der Waals surface area contributed by atoms with Gasteiger partial charge in [0.15, 0.2) is 0 Å². The van der Waals surface area contributed by atoms with Crippen molar-refractivity contribution in [2.45, 2.75) is 71.1 Å². The van der Waals surface area contributed by atoms with Crippen molar-refractivity contribution in [3.63, 3.8) is 0 Å². The van der Waals surface area contributed by atoms with Crippen LogP contribution in [0.4, 0.5) is 4.79 Å². The van der Waals surface area contributed by atoms with Crippen molar-refractivity contribution in [3.05, 3.63) is 21.9 Å². The third-order valence-electron chi connectivity index (χ3n) is 3.78. The van der Waals surface area contributed by atoms with Crippen LogP contribution in [0.2, 0.25) is 0 Å². The highest BCUT2D eigenvalue weighted by Crippen LogP contribution is 2.33. The molecule has 22 heavy (non-hydrogen) atoms. The van der Waals surface area contributed by atoms with Crippen molar-refractivity contribution in [1.82, 2.24) is 10.6 Å². The highest BCUT2D eigenvalue weighted by Gasteiger charge is 2.21. The predicted octanol–water partition coefficient (Wildman–Crippen LogP) is 4.02. The zero-order chi connectivity index (χ0) is 16.2. The first-order valence-electron chi connectivity index (χ1n) is 8.14. The van der Waals surface area contributed by atoms with E-state index in [1.54, 1.807) is 0 Å². The van der Waals surface area contributed by atoms with Crippen LogP contribution in [0, 0.1) is 0 Å². The fraction of sp³-hybridized carbons (Fsp3) is 0.706. The fourth-order valence-corrected chi connectivity index (χ4v) is 3.74. The summed E-state index contributed by atoms with van der Waals surface area (Å²) in [7, 11) is 0. The number of ether oxygens (including phenoxy) is 1. The largest absolute Gasteiger partial charge is 0.444 e. The van der Waals surface area contributed by atoms with Crippen molar-refractivity contribution in [1.29, 1.82) is 0 Å². The number of nitrogens with one attached hydrogen (secondary N) is 2. The zero-order valence-electron chi connectivity index (χ0n) is 14.1. The van der Waals surface area contributed by atoms with E-state index in [1.165, 1.54) is 29.7 Å². The molecule has 0 saturated heterocycles. The smallest absolute Gasteiger partial charge is 0.407 e. The van der Waals surface area contributed by atoms with Crippen LogP contribution in [0.5, 0.6) is 0 Å². The van der Waals surface area contributed by atoms with Crippen LogP contribution in [-0.4, -0.2) is 24.3 Å². The summed E-state index contributed by atoms with van der Waals surface area (Å²) in [5, 5.41) is 8.71. The van der Waals surface area contributed by atoms with Gasteiger partial charge in [0.05, 0.1) is 0 Å². The fourth-order valence-electron chi connectivity index (χ4n) is 2.75. The second-order valence-electron chi connectivity index (χ2n) is 7.03. The topological polar surface area (TPSA) is 50.4 Å². The molecule has 0 aromatic carbocycles. The summed E-state index contributed by atoms with van der Waals surface area (Å²) in [5.41, 5.74) is 1.03. The maximum absolute atomic E-state index is 11.7. The molecule has 2 N–H and O–H groups in total. The molecule has 0 spiro atoms. The van der Waals surface area contributed by atoms with Gasteiger partial charge in [-0.05, 0) is 76.9 Å². The number of carbonyl (C=O) groups is 1. The lowest BCUT2D eigenvalue weighted by Crippen LogP contribution is -2.39. The Labute approximate surface area is 137 Å². The summed E-state index contributed by atoms with van der Waals surface area (Å²) in [5.74, 6) is 0. The molecule has 0 bridgehead atoms. The van der Waals surface area contributed by atoms with Crippen LogP contribution >= 0.6 is 11.3 Å². The summed E-state index contributed by atoms with van der Waals surface area (Å²) in [6.45, 7) is 8.54. The van der Waals surface area contributed by atoms with Gasteiger partial charge in [0.25, 0.3) is 0 Å². The van der Waals surface area contributed by atoms with E-state index in [9.17, 15) is 4.79 Å². The Morgan fingerprint density at radius 2 is 2.27 bits per heavy atom. The highest BCUT2D eigenvalue weighted by atomic mass is 32.1. The monoisotopic (exact) mass is 324 g/mol. The molecule has 124 valence electrons. The summed E-state index contributed by atoms with van der Waals surface area (Å²) >= 11 is 1.87. The molecule has 1 aliphatic rings. The van der Waals surface area contributed by atoms with Gasteiger partial charge in [-0.3, -0.25) is 0 Å². The van der Waals surface area contributed by atoms with E-state index in [0.29, 0.717) is 6.04 Å². The van der Waals surface area contributed by atoms with E-state index < -0.39 is 5.60 Å². The van der Waals surface area contributed by atoms with Crippen LogP contribution in [-0.2, 0) is 11.2 Å². The third-order valence-corrected chi connectivity index (χ3v) is 4.78. The van der Waals surface area contributed by atoms with Crippen molar-refractivity contribution in [2.24, 2.45) is 0 Å². The van der Waals surface area contributed by atoms with Crippen molar-refractivity contribution in [3.8, 4) is 0 Å². The van der Waals surface area contributed by atoms with Crippen molar-refractivity contribution >= 4 is 17.4 Å². The van der Waals surface area contributed by atoms with E-state index in [0.717, 1.165) is 13.0 Å². The average molecular weight is 324 g/mol. The Bertz CT molecular complexity index is 493. The van der Waals surface area contributed by atoms with Gasteiger partial charge in [-0.2, -0.15) is 0 Å². The summed E-state index contributed by atoms with van der Waals surface area (Å²) in [4.78, 5) is 13.2. The van der Waals surface area contributed by atoms with E-state index in [-0.39, 0.29) is 12.1 Å². The molecule has 2 rings (SSSR count). The molecule has 1 aromatic rings. The van der Waals surface area contributed by atoms with Gasteiger partial charge < -0.3 is 15.4 Å². The first kappa shape index (κ1) is 17.3. The van der Waals surface area contributed by atoms with E-state index in [4.69, 9.17) is 4.74 Å². The Morgan fingerprint density at radius 1 is 1.50 bits per heavy atom. The minimum absolute atomic E-state index is 0.105. The molecular weight excluding hydrogens is 296 g/mol. The molecule has 2 unspecified atom stereocenters. The second kappa shape index (κ2) is 7.47. The average Bonchev–Trinajstić information content (AvgIpc) is 2.85. The number of carbonyl (C=O) groups excluding carboxylic acids is 1. The first-order valence-corrected chi connectivity index (χ1v) is 9.02. The standard InChI is InChI=1S/C17H28N2O2S/c1-12(19-16(20)21-17(2,3)4)8-10-18-14-6-5-7-15-13(14)9-11-22-15/h9,11-12,14,18H,5-8,10H2,1-4H3,(H,19,20). The molecule has 1 heterocycles. The van der Waals surface area contributed by atoms with Crippen molar-refractivity contribution in [2.75, 3.05) is 6.54 Å². The Kier molecular flexibility index (Phi) is 5.87. The van der Waals surface area contributed by atoms with E-state index >= 15 is 0 Å². The molecule has 2 atom stereocenters. The number of aryl methyl sites for hydroxylation is 1. The van der Waals surface area contributed by atoms with Gasteiger partial charge in [0, 0.05) is 17.0 Å². The van der Waals surface area contributed by atoms with Crippen LogP contribution < -0.4 is 10.6 Å². The van der Waals surface area contributed by atoms with Crippen LogP contribution in [0.15, 0.2) is 11.4 Å². The number of hydrogen-bond acceptors (Lipinski definition) is 4. The number of amides is 1. The minimum atomic E-state index is -0.445. The third kappa shape index (κ3) is 5.29. The molecule has 1 aromatic heterocycles. The molecule has 1 aliphatic carbocycles. The quantitative estimate of drug-likeness (QED) is 0.860. The molecule has 0 aliphatic heterocycles. The van der Waals surface area contributed by atoms with Gasteiger partial charge in [0.2, 0.25) is 0 Å². The SMILES string of the molecule is CC(CCNC1CCCc2sccc21)NC(=O)OC(C)(C)C. The number of fused-ring (bicyclic) bond motifs is 1. The maximum atomic E-state index is 11.7. The molecular formula is C17H28N2O2S. The lowest BCUT2D eigenvalue weighted by atomic mass is 9.94. The lowest BCUT2D eigenvalue weighted by molar-refractivity contribution is 0.0506. The maximum Gasteiger partial charge on any atom is 0.407 e. The molecule has 4 nitrogen and oxygen atoms in total. The summed E-state index contributed by atoms with van der Waals surface area (Å²) < 4.78 is 5.27. The normalized spacial score (nSPS) is 19.4. The van der Waals surface area contributed by atoms with Crippen LogP contribution in [0.1, 0.15) is 63.4 Å². The van der Waals surface area contributed by atoms with Gasteiger partial charge >= 0.3 is 6.09 Å². The molecule has 0 radical (unpaired) electrons. The Hall–Kier alpha value is -1.07. The first-order chi connectivity index (χ1) is 10.3. The Morgan fingerprint density at radius 3 is 3.00 bits per heavy atom. The highest BCUT2D eigenvalue weighted by molar-refractivity contribution is 7.10. The van der Waals surface area contributed by atoms with E-state index in [2.05, 4.69) is 22.1 Å². The number of alkyl carbamates (subject to hydrolysis) is 1. The minimum Gasteiger partial charge on any atom is -0.444 e. The second-order valence-corrected chi connectivity index (χ2v) is 8.03. The van der Waals surface area contributed by atoms with E-state index in [1.807, 2.05) is 39.0 Å². The van der Waals surface area contributed by atoms with Gasteiger partial charge in [-0.25, -0.2) is 4.79 Å². The van der Waals surface area contributed by atoms with Crippen LogP contribution in [0.3, 0.4) is 0 Å². The lowest BCUT2D eigenvalue weighted by Gasteiger charge is -2.25. The predicted molar refractivity (Wildman–Crippen MR) is 91.4 cm³/mol. The zero-order valence-corrected chi connectivity index (χ0v) is 14.9. The number of hydrogen-bond donors (Lipinski definition) is 2. The van der Waals surface area contributed by atoms with Gasteiger partial charge in [0.1, 0.15) is 5.60 Å². The number of rotatable bonds is 5. The molecule has 5 heteroatoms. The van der Waals surface area contributed by atoms with Gasteiger partial charge in [-0.15, -0.1) is 11.3 Å². The van der Waals surface area contributed by atoms with Crippen molar-refractivity contribution < 1.29 is 9.53 Å². The molecule has 1 amide bonds. The summed E-state index contributed by atoms with van der Waals surface area (Å²) in [6.07, 6.45) is 4.25. The Balaban J connectivity index is 1.70. The van der Waals surface area contributed by atoms with Gasteiger partial charge in [-0.1, -0.05) is 0 Å². The molecule has 0 saturated carbocycles. The number of thiophene rings is 1. The molecule has 0 fully saturated rings.